The number of aryl methyl sites for hydroxylation is 2. The fourth-order valence-corrected chi connectivity index (χ4v) is 1.60. The average Bonchev–Trinajstić information content (AvgIpc) is 2.59. The molecule has 0 N–H and O–H groups in total. The van der Waals surface area contributed by atoms with Crippen LogP contribution in [0.2, 0.25) is 0 Å². The summed E-state index contributed by atoms with van der Waals surface area (Å²) in [5, 5.41) is 8.98. The summed E-state index contributed by atoms with van der Waals surface area (Å²) < 4.78 is 3.76. The molecule has 0 fully saturated rings. The molecule has 1 heterocycles. The predicted molar refractivity (Wildman–Crippen MR) is 56.4 cm³/mol. The molecule has 74 valence electrons. The van der Waals surface area contributed by atoms with E-state index in [9.17, 15) is 0 Å². The topological polar surface area (TPSA) is 32.6 Å². The van der Waals surface area contributed by atoms with Crippen LogP contribution in [0.5, 0.6) is 0 Å². The first kappa shape index (κ1) is 9.47. The normalized spacial score (nSPS) is 9.93. The Labute approximate surface area is 88.8 Å². The number of nitriles is 1. The average molecular weight is 198 g/mol. The van der Waals surface area contributed by atoms with E-state index in [2.05, 4.69) is 12.1 Å². The first-order valence-electron chi connectivity index (χ1n) is 4.75. The van der Waals surface area contributed by atoms with Gasteiger partial charge in [0.2, 0.25) is 12.0 Å². The number of imidazole rings is 1. The van der Waals surface area contributed by atoms with Gasteiger partial charge in [-0.05, 0) is 24.6 Å². The molecule has 0 amide bonds. The van der Waals surface area contributed by atoms with Crippen molar-refractivity contribution < 1.29 is 4.57 Å². The zero-order valence-corrected chi connectivity index (χ0v) is 8.81. The molecule has 0 spiro atoms. The second-order valence-electron chi connectivity index (χ2n) is 3.62. The molecule has 0 radical (unpaired) electrons. The smallest absolute Gasteiger partial charge is 0.238 e. The van der Waals surface area contributed by atoms with Gasteiger partial charge < -0.3 is 0 Å². The highest BCUT2D eigenvalue weighted by Crippen LogP contribution is 2.11. The highest BCUT2D eigenvalue weighted by molar-refractivity contribution is 5.38. The number of benzene rings is 1. The lowest BCUT2D eigenvalue weighted by Gasteiger charge is -1.97. The summed E-state index contributed by atoms with van der Waals surface area (Å²) in [5.74, 6) is 0. The molecule has 0 saturated heterocycles. The Bertz CT molecular complexity index is 532. The minimum absolute atomic E-state index is 0.642. The van der Waals surface area contributed by atoms with Gasteiger partial charge in [0.15, 0.2) is 0 Å². The molecule has 0 aliphatic heterocycles. The van der Waals surface area contributed by atoms with E-state index in [4.69, 9.17) is 5.26 Å². The molecule has 0 saturated carbocycles. The number of rotatable bonds is 1. The highest BCUT2D eigenvalue weighted by Gasteiger charge is 2.12. The largest absolute Gasteiger partial charge is 0.249 e. The van der Waals surface area contributed by atoms with Crippen molar-refractivity contribution in [2.45, 2.75) is 6.92 Å². The molecular weight excluding hydrogens is 186 g/mol. The Balaban J connectivity index is 2.59. The Morgan fingerprint density at radius 3 is 2.87 bits per heavy atom. The van der Waals surface area contributed by atoms with Gasteiger partial charge in [0.05, 0.1) is 7.05 Å². The van der Waals surface area contributed by atoms with Crippen LogP contribution in [0.15, 0.2) is 36.8 Å². The van der Waals surface area contributed by atoms with Crippen molar-refractivity contribution in [1.82, 2.24) is 4.57 Å². The molecule has 15 heavy (non-hydrogen) atoms. The minimum atomic E-state index is 0.642. The van der Waals surface area contributed by atoms with Crippen LogP contribution in [0, 0.1) is 18.3 Å². The molecule has 0 atom stereocenters. The van der Waals surface area contributed by atoms with Crippen LogP contribution < -0.4 is 4.57 Å². The van der Waals surface area contributed by atoms with Crippen LogP contribution in [-0.4, -0.2) is 4.57 Å². The van der Waals surface area contributed by atoms with E-state index in [-0.39, 0.29) is 0 Å². The summed E-state index contributed by atoms with van der Waals surface area (Å²) in [4.78, 5) is 0. The third-order valence-corrected chi connectivity index (χ3v) is 2.28. The van der Waals surface area contributed by atoms with Gasteiger partial charge in [-0.1, -0.05) is 12.1 Å². The predicted octanol–water partition coefficient (Wildman–Crippen LogP) is 1.48. The summed E-state index contributed by atoms with van der Waals surface area (Å²) in [6, 6.07) is 10.3. The molecule has 0 aliphatic carbocycles. The second-order valence-corrected chi connectivity index (χ2v) is 3.62. The van der Waals surface area contributed by atoms with E-state index in [0.717, 1.165) is 5.69 Å². The maximum atomic E-state index is 8.98. The zero-order valence-electron chi connectivity index (χ0n) is 8.81. The van der Waals surface area contributed by atoms with Crippen LogP contribution in [0.1, 0.15) is 11.3 Å². The van der Waals surface area contributed by atoms with Gasteiger partial charge >= 0.3 is 0 Å². The van der Waals surface area contributed by atoms with E-state index in [1.807, 2.05) is 53.8 Å². The van der Waals surface area contributed by atoms with Crippen LogP contribution in [0.3, 0.4) is 0 Å². The lowest BCUT2D eigenvalue weighted by Crippen LogP contribution is -2.23. The molecule has 2 aromatic rings. The third kappa shape index (κ3) is 1.75. The summed E-state index contributed by atoms with van der Waals surface area (Å²) >= 11 is 0. The van der Waals surface area contributed by atoms with Gasteiger partial charge in [-0.25, -0.2) is 4.57 Å². The molecule has 3 heteroatoms. The number of hydrogen-bond donors (Lipinski definition) is 0. The molecule has 0 aliphatic rings. The second kappa shape index (κ2) is 3.58. The molecule has 2 rings (SSSR count). The first-order chi connectivity index (χ1) is 7.20. The van der Waals surface area contributed by atoms with Gasteiger partial charge in [0.1, 0.15) is 18.0 Å². The van der Waals surface area contributed by atoms with Crippen LogP contribution in [0.4, 0.5) is 0 Å². The van der Waals surface area contributed by atoms with Crippen molar-refractivity contribution in [3.8, 4) is 11.8 Å². The molecule has 0 bridgehead atoms. The molecule has 3 nitrogen and oxygen atoms in total. The highest BCUT2D eigenvalue weighted by atomic mass is 15.1. The number of nitrogens with zero attached hydrogens (tertiary/aromatic N) is 3. The maximum absolute atomic E-state index is 8.98. The number of aromatic nitrogens is 2. The van der Waals surface area contributed by atoms with E-state index < -0.39 is 0 Å². The standard InChI is InChI=1S/C12H12N3/c1-10-4-3-5-11(6-10)15-9-14(2)8-12(15)7-13/h3-6,8-9H,1-2H3/q+1. The molecule has 0 unspecified atom stereocenters. The van der Waals surface area contributed by atoms with Crippen molar-refractivity contribution in [1.29, 1.82) is 5.26 Å². The molecular formula is C12H12N3+. The van der Waals surface area contributed by atoms with Gasteiger partial charge in [-0.2, -0.15) is 9.83 Å². The van der Waals surface area contributed by atoms with Crippen molar-refractivity contribution in [3.05, 3.63) is 48.0 Å². The Morgan fingerprint density at radius 1 is 1.40 bits per heavy atom. The monoisotopic (exact) mass is 198 g/mol. The number of hydrogen-bond acceptors (Lipinski definition) is 1. The summed E-state index contributed by atoms with van der Waals surface area (Å²) in [6.07, 6.45) is 3.70. The molecule has 1 aromatic carbocycles. The van der Waals surface area contributed by atoms with Gasteiger partial charge in [-0.3, -0.25) is 0 Å². The zero-order chi connectivity index (χ0) is 10.8. The third-order valence-electron chi connectivity index (χ3n) is 2.28. The van der Waals surface area contributed by atoms with E-state index in [0.29, 0.717) is 5.69 Å². The fraction of sp³-hybridized carbons (Fsp3) is 0.167. The van der Waals surface area contributed by atoms with Crippen molar-refractivity contribution in [2.24, 2.45) is 7.05 Å². The Kier molecular flexibility index (Phi) is 2.26. The fourth-order valence-electron chi connectivity index (χ4n) is 1.60. The summed E-state index contributed by atoms with van der Waals surface area (Å²) in [6.45, 7) is 2.04. The van der Waals surface area contributed by atoms with Gasteiger partial charge in [0.25, 0.3) is 0 Å². The minimum Gasteiger partial charge on any atom is -0.238 e. The van der Waals surface area contributed by atoms with Gasteiger partial charge in [-0.15, -0.1) is 0 Å². The van der Waals surface area contributed by atoms with E-state index >= 15 is 0 Å². The summed E-state index contributed by atoms with van der Waals surface area (Å²) in [5.41, 5.74) is 2.85. The Morgan fingerprint density at radius 2 is 2.20 bits per heavy atom. The van der Waals surface area contributed by atoms with Crippen LogP contribution in [0.25, 0.3) is 5.69 Å². The van der Waals surface area contributed by atoms with Crippen LogP contribution >= 0.6 is 0 Å². The van der Waals surface area contributed by atoms with Crippen LogP contribution in [-0.2, 0) is 7.05 Å². The Hall–Kier alpha value is -2.08. The maximum Gasteiger partial charge on any atom is 0.249 e. The quantitative estimate of drug-likeness (QED) is 0.639. The lowest BCUT2D eigenvalue weighted by molar-refractivity contribution is -0.670. The van der Waals surface area contributed by atoms with E-state index in [1.165, 1.54) is 5.56 Å². The van der Waals surface area contributed by atoms with Gasteiger partial charge in [0, 0.05) is 0 Å². The van der Waals surface area contributed by atoms with E-state index in [1.54, 1.807) is 0 Å². The first-order valence-corrected chi connectivity index (χ1v) is 4.75. The van der Waals surface area contributed by atoms with Crippen molar-refractivity contribution >= 4 is 0 Å². The SMILES string of the molecule is Cc1cccc(-n2c[n+](C)cc2C#N)c1. The summed E-state index contributed by atoms with van der Waals surface area (Å²) in [7, 11) is 1.91. The van der Waals surface area contributed by atoms with Crippen molar-refractivity contribution in [3.63, 3.8) is 0 Å². The molecule has 1 aromatic heterocycles. The van der Waals surface area contributed by atoms with Crippen molar-refractivity contribution in [2.75, 3.05) is 0 Å². The lowest BCUT2D eigenvalue weighted by atomic mass is 10.2.